The molecule has 0 atom stereocenters. The summed E-state index contributed by atoms with van der Waals surface area (Å²) in [7, 11) is 9.32. The zero-order valence-corrected chi connectivity index (χ0v) is 13.6. The van der Waals surface area contributed by atoms with Gasteiger partial charge in [0.25, 0.3) is 0 Å². The van der Waals surface area contributed by atoms with Crippen molar-refractivity contribution in [3.8, 4) is 11.5 Å². The molecule has 5 heteroatoms. The van der Waals surface area contributed by atoms with Crippen LogP contribution in [0.1, 0.15) is 11.3 Å². The number of hydrogen-bond donors (Lipinski definition) is 1. The third-order valence-electron chi connectivity index (χ3n) is 3.61. The van der Waals surface area contributed by atoms with E-state index in [1.165, 1.54) is 0 Å². The maximum absolute atomic E-state index is 5.53. The van der Waals surface area contributed by atoms with E-state index < -0.39 is 0 Å². The van der Waals surface area contributed by atoms with E-state index in [1.807, 2.05) is 33.3 Å². The maximum atomic E-state index is 5.53. The molecule has 1 N–H and O–H groups in total. The lowest BCUT2D eigenvalue weighted by Crippen LogP contribution is -2.16. The van der Waals surface area contributed by atoms with Gasteiger partial charge in [-0.25, -0.2) is 4.98 Å². The summed E-state index contributed by atoms with van der Waals surface area (Å²) in [6.45, 7) is 2.80. The number of pyridine rings is 1. The van der Waals surface area contributed by atoms with Crippen LogP contribution in [0.4, 0.5) is 5.69 Å². The van der Waals surface area contributed by atoms with E-state index >= 15 is 0 Å². The van der Waals surface area contributed by atoms with Gasteiger partial charge in [0, 0.05) is 20.6 Å². The summed E-state index contributed by atoms with van der Waals surface area (Å²) in [6, 6.07) is 3.82. The summed E-state index contributed by atoms with van der Waals surface area (Å²) in [5.41, 5.74) is 4.10. The summed E-state index contributed by atoms with van der Waals surface area (Å²) in [5, 5.41) is 4.15. The number of fused-ring (bicyclic) bond motifs is 1. The number of rotatable bonds is 5. The van der Waals surface area contributed by atoms with Gasteiger partial charge < -0.3 is 19.7 Å². The lowest BCUT2D eigenvalue weighted by Gasteiger charge is -2.22. The molecule has 0 saturated carbocycles. The highest BCUT2D eigenvalue weighted by Gasteiger charge is 2.19. The van der Waals surface area contributed by atoms with Gasteiger partial charge in [-0.3, -0.25) is 0 Å². The quantitative estimate of drug-likeness (QED) is 0.915. The predicted molar refractivity (Wildman–Crippen MR) is 86.7 cm³/mol. The SMILES string of the molecule is CNCc1nc2c(OC)ccc(OC)c2c(N(C)C)c1C. The molecular formula is C16H23N3O2. The zero-order chi connectivity index (χ0) is 15.6. The van der Waals surface area contributed by atoms with Crippen LogP contribution in [-0.2, 0) is 6.54 Å². The van der Waals surface area contributed by atoms with E-state index in [0.717, 1.165) is 39.3 Å². The molecule has 114 valence electrons. The molecule has 0 saturated heterocycles. The number of anilines is 1. The van der Waals surface area contributed by atoms with Crippen LogP contribution in [0, 0.1) is 6.92 Å². The van der Waals surface area contributed by atoms with Gasteiger partial charge in [0.2, 0.25) is 0 Å². The van der Waals surface area contributed by atoms with Crippen molar-refractivity contribution in [1.82, 2.24) is 10.3 Å². The van der Waals surface area contributed by atoms with E-state index in [-0.39, 0.29) is 0 Å². The van der Waals surface area contributed by atoms with E-state index in [9.17, 15) is 0 Å². The van der Waals surface area contributed by atoms with Crippen LogP contribution in [0.5, 0.6) is 11.5 Å². The van der Waals surface area contributed by atoms with Gasteiger partial charge in [0.05, 0.1) is 31.0 Å². The van der Waals surface area contributed by atoms with Crippen LogP contribution >= 0.6 is 0 Å². The minimum absolute atomic E-state index is 0.711. The molecule has 5 nitrogen and oxygen atoms in total. The Bertz CT molecular complexity index is 654. The molecule has 0 aliphatic carbocycles. The first kappa shape index (κ1) is 15.4. The smallest absolute Gasteiger partial charge is 0.145 e. The fraction of sp³-hybridized carbons (Fsp3) is 0.438. The molecular weight excluding hydrogens is 266 g/mol. The zero-order valence-electron chi connectivity index (χ0n) is 13.6. The average molecular weight is 289 g/mol. The Morgan fingerprint density at radius 3 is 2.29 bits per heavy atom. The first-order valence-corrected chi connectivity index (χ1v) is 6.91. The van der Waals surface area contributed by atoms with Crippen LogP contribution in [0.2, 0.25) is 0 Å². The number of hydrogen-bond acceptors (Lipinski definition) is 5. The van der Waals surface area contributed by atoms with Crippen molar-refractivity contribution < 1.29 is 9.47 Å². The minimum Gasteiger partial charge on any atom is -0.496 e. The minimum atomic E-state index is 0.711. The Morgan fingerprint density at radius 2 is 1.76 bits per heavy atom. The maximum Gasteiger partial charge on any atom is 0.145 e. The first-order chi connectivity index (χ1) is 10.0. The Labute approximate surface area is 125 Å². The number of nitrogens with zero attached hydrogens (tertiary/aromatic N) is 2. The van der Waals surface area contributed by atoms with Crippen LogP contribution in [0.3, 0.4) is 0 Å². The van der Waals surface area contributed by atoms with Gasteiger partial charge in [0.1, 0.15) is 17.0 Å². The van der Waals surface area contributed by atoms with Crippen molar-refractivity contribution in [2.45, 2.75) is 13.5 Å². The lowest BCUT2D eigenvalue weighted by molar-refractivity contribution is 0.409. The molecule has 1 aromatic carbocycles. The van der Waals surface area contributed by atoms with E-state index in [4.69, 9.17) is 14.5 Å². The molecule has 0 spiro atoms. The Balaban J connectivity index is 2.93. The van der Waals surface area contributed by atoms with Gasteiger partial charge in [0.15, 0.2) is 0 Å². The molecule has 1 heterocycles. The summed E-state index contributed by atoms with van der Waals surface area (Å²) < 4.78 is 11.0. The largest absolute Gasteiger partial charge is 0.496 e. The first-order valence-electron chi connectivity index (χ1n) is 6.91. The van der Waals surface area contributed by atoms with Crippen molar-refractivity contribution in [1.29, 1.82) is 0 Å². The highest BCUT2D eigenvalue weighted by atomic mass is 16.5. The van der Waals surface area contributed by atoms with Crippen molar-refractivity contribution in [2.24, 2.45) is 0 Å². The molecule has 0 bridgehead atoms. The van der Waals surface area contributed by atoms with Gasteiger partial charge in [-0.1, -0.05) is 0 Å². The third-order valence-corrected chi connectivity index (χ3v) is 3.61. The fourth-order valence-electron chi connectivity index (χ4n) is 2.67. The summed E-state index contributed by atoms with van der Waals surface area (Å²) in [4.78, 5) is 6.89. The van der Waals surface area contributed by atoms with E-state index in [0.29, 0.717) is 6.54 Å². The van der Waals surface area contributed by atoms with Crippen LogP contribution in [0.15, 0.2) is 12.1 Å². The standard InChI is InChI=1S/C16H23N3O2/c1-10-11(9-17-2)18-15-13(21-6)8-7-12(20-5)14(15)16(10)19(3)4/h7-8,17H,9H2,1-6H3. The van der Waals surface area contributed by atoms with E-state index in [2.05, 4.69) is 17.1 Å². The molecule has 21 heavy (non-hydrogen) atoms. The van der Waals surface area contributed by atoms with Crippen LogP contribution < -0.4 is 19.7 Å². The number of methoxy groups -OCH3 is 2. The molecule has 0 amide bonds. The Hall–Kier alpha value is -2.01. The van der Waals surface area contributed by atoms with Gasteiger partial charge in [-0.2, -0.15) is 0 Å². The molecule has 0 radical (unpaired) electrons. The predicted octanol–water partition coefficient (Wildman–Crippen LogP) is 2.35. The molecule has 0 aliphatic rings. The van der Waals surface area contributed by atoms with Gasteiger partial charge in [-0.05, 0) is 31.7 Å². The monoisotopic (exact) mass is 289 g/mol. The summed E-state index contributed by atoms with van der Waals surface area (Å²) in [5.74, 6) is 1.56. The topological polar surface area (TPSA) is 46.6 Å². The van der Waals surface area contributed by atoms with Crippen molar-refractivity contribution >= 4 is 16.6 Å². The Kier molecular flexibility index (Phi) is 4.53. The number of benzene rings is 1. The Morgan fingerprint density at radius 1 is 1.14 bits per heavy atom. The number of aromatic nitrogens is 1. The van der Waals surface area contributed by atoms with Crippen LogP contribution in [0.25, 0.3) is 10.9 Å². The van der Waals surface area contributed by atoms with E-state index in [1.54, 1.807) is 14.2 Å². The highest BCUT2D eigenvalue weighted by molar-refractivity contribution is 6.01. The van der Waals surface area contributed by atoms with Crippen molar-refractivity contribution in [2.75, 3.05) is 40.3 Å². The van der Waals surface area contributed by atoms with Gasteiger partial charge in [-0.15, -0.1) is 0 Å². The highest BCUT2D eigenvalue weighted by Crippen LogP contribution is 2.40. The number of nitrogens with one attached hydrogen (secondary N) is 1. The third kappa shape index (κ3) is 2.61. The van der Waals surface area contributed by atoms with Crippen molar-refractivity contribution in [3.05, 3.63) is 23.4 Å². The molecule has 0 fully saturated rings. The second-order valence-corrected chi connectivity index (χ2v) is 5.15. The number of ether oxygens (including phenoxy) is 2. The molecule has 2 aromatic rings. The lowest BCUT2D eigenvalue weighted by atomic mass is 10.0. The molecule has 2 rings (SSSR count). The summed E-state index contributed by atoms with van der Waals surface area (Å²) >= 11 is 0. The second-order valence-electron chi connectivity index (χ2n) is 5.15. The second kappa shape index (κ2) is 6.18. The van der Waals surface area contributed by atoms with Gasteiger partial charge >= 0.3 is 0 Å². The molecule has 0 unspecified atom stereocenters. The van der Waals surface area contributed by atoms with Crippen LogP contribution in [-0.4, -0.2) is 40.3 Å². The molecule has 0 aliphatic heterocycles. The normalized spacial score (nSPS) is 10.8. The van der Waals surface area contributed by atoms with Crippen molar-refractivity contribution in [3.63, 3.8) is 0 Å². The average Bonchev–Trinajstić information content (AvgIpc) is 2.46. The fourth-order valence-corrected chi connectivity index (χ4v) is 2.67. The summed E-state index contributed by atoms with van der Waals surface area (Å²) in [6.07, 6.45) is 0. The molecule has 1 aromatic heterocycles.